The van der Waals surface area contributed by atoms with Crippen LogP contribution in [0.25, 0.3) is 0 Å². The van der Waals surface area contributed by atoms with E-state index in [0.717, 1.165) is 18.4 Å². The summed E-state index contributed by atoms with van der Waals surface area (Å²) in [4.78, 5) is 24.9. The number of nitrogens with one attached hydrogen (secondary N) is 2. The minimum absolute atomic E-state index is 0.360. The van der Waals surface area contributed by atoms with Crippen LogP contribution in [-0.4, -0.2) is 32.8 Å². The molecule has 2 N–H and O–H groups in total. The molecule has 0 radical (unpaired) electrons. The van der Waals surface area contributed by atoms with Crippen LogP contribution in [0.15, 0.2) is 29.5 Å². The third kappa shape index (κ3) is 4.40. The van der Waals surface area contributed by atoms with Gasteiger partial charge in [-0.25, -0.2) is 9.59 Å². The Morgan fingerprint density at radius 1 is 1.11 bits per heavy atom. The molecule has 0 saturated heterocycles. The molecule has 0 aromatic heterocycles. The number of methoxy groups -OCH3 is 2. The summed E-state index contributed by atoms with van der Waals surface area (Å²) in [6, 6.07) is 4.34. The lowest BCUT2D eigenvalue weighted by Gasteiger charge is -2.29. The molecule has 152 valence electrons. The predicted octanol–water partition coefficient (Wildman–Crippen LogP) is 3.46. The van der Waals surface area contributed by atoms with Crippen LogP contribution < -0.4 is 20.1 Å². The van der Waals surface area contributed by atoms with Gasteiger partial charge in [-0.1, -0.05) is 25.3 Å². The summed E-state index contributed by atoms with van der Waals surface area (Å²) in [5.41, 5.74) is 1.62. The second-order valence-corrected chi connectivity index (χ2v) is 7.29. The summed E-state index contributed by atoms with van der Waals surface area (Å²) < 4.78 is 16.3. The molecule has 1 aliphatic carbocycles. The molecule has 1 saturated carbocycles. The van der Waals surface area contributed by atoms with Crippen molar-refractivity contribution in [2.45, 2.75) is 45.1 Å². The number of hydrogen-bond donors (Lipinski definition) is 2. The van der Waals surface area contributed by atoms with Crippen LogP contribution in [0.3, 0.4) is 0 Å². The topological polar surface area (TPSA) is 85.9 Å². The van der Waals surface area contributed by atoms with Gasteiger partial charge >= 0.3 is 12.0 Å². The Labute approximate surface area is 165 Å². The summed E-state index contributed by atoms with van der Waals surface area (Å²) >= 11 is 0. The zero-order valence-electron chi connectivity index (χ0n) is 16.7. The van der Waals surface area contributed by atoms with Crippen molar-refractivity contribution in [2.75, 3.05) is 20.8 Å². The minimum Gasteiger partial charge on any atom is -0.493 e. The van der Waals surface area contributed by atoms with Crippen molar-refractivity contribution in [1.82, 2.24) is 10.6 Å². The highest BCUT2D eigenvalue weighted by atomic mass is 16.5. The maximum atomic E-state index is 12.9. The molecule has 0 bridgehead atoms. The average molecular weight is 388 g/mol. The number of carbonyl (C=O) groups excluding carboxylic acids is 2. The Hall–Kier alpha value is -2.70. The molecule has 1 aromatic carbocycles. The summed E-state index contributed by atoms with van der Waals surface area (Å²) in [6.07, 6.45) is 5.83. The van der Waals surface area contributed by atoms with Crippen LogP contribution in [0, 0.1) is 5.92 Å². The van der Waals surface area contributed by atoms with Crippen LogP contribution in [0.2, 0.25) is 0 Å². The van der Waals surface area contributed by atoms with Gasteiger partial charge in [0.2, 0.25) is 0 Å². The fourth-order valence-corrected chi connectivity index (χ4v) is 3.87. The Morgan fingerprint density at radius 3 is 2.50 bits per heavy atom. The molecule has 7 nitrogen and oxygen atoms in total. The van der Waals surface area contributed by atoms with Gasteiger partial charge in [0.25, 0.3) is 0 Å². The molecule has 2 aliphatic rings. The SMILES string of the molecule is COc1ccc([C@@H]2NC(=O)NC(C)=C2C(=O)OCC2CCCCC2)cc1OC. The number of hydrogen-bond acceptors (Lipinski definition) is 5. The van der Waals surface area contributed by atoms with E-state index in [4.69, 9.17) is 14.2 Å². The van der Waals surface area contributed by atoms with Crippen LogP contribution in [0.4, 0.5) is 4.79 Å². The highest BCUT2D eigenvalue weighted by molar-refractivity contribution is 5.95. The first-order valence-corrected chi connectivity index (χ1v) is 9.70. The van der Waals surface area contributed by atoms with Crippen LogP contribution in [-0.2, 0) is 9.53 Å². The molecule has 1 aromatic rings. The monoisotopic (exact) mass is 388 g/mol. The van der Waals surface area contributed by atoms with Gasteiger partial charge in [0.05, 0.1) is 32.4 Å². The number of urea groups is 1. The van der Waals surface area contributed by atoms with Crippen molar-refractivity contribution < 1.29 is 23.8 Å². The van der Waals surface area contributed by atoms with E-state index in [2.05, 4.69) is 10.6 Å². The lowest BCUT2D eigenvalue weighted by molar-refractivity contribution is -0.141. The van der Waals surface area contributed by atoms with Crippen molar-refractivity contribution in [3.8, 4) is 11.5 Å². The van der Waals surface area contributed by atoms with Gasteiger partial charge in [0.1, 0.15) is 0 Å². The fourth-order valence-electron chi connectivity index (χ4n) is 3.87. The van der Waals surface area contributed by atoms with Gasteiger partial charge in [-0.3, -0.25) is 0 Å². The smallest absolute Gasteiger partial charge is 0.338 e. The van der Waals surface area contributed by atoms with Gasteiger partial charge in [-0.05, 0) is 43.4 Å². The molecule has 1 fully saturated rings. The molecule has 1 aliphatic heterocycles. The Kier molecular flexibility index (Phi) is 6.44. The van der Waals surface area contributed by atoms with Crippen molar-refractivity contribution in [1.29, 1.82) is 0 Å². The van der Waals surface area contributed by atoms with Crippen molar-refractivity contribution in [3.63, 3.8) is 0 Å². The number of benzene rings is 1. The minimum atomic E-state index is -0.618. The van der Waals surface area contributed by atoms with E-state index in [1.54, 1.807) is 39.3 Å². The van der Waals surface area contributed by atoms with E-state index >= 15 is 0 Å². The first kappa shape index (κ1) is 20.0. The van der Waals surface area contributed by atoms with E-state index in [9.17, 15) is 9.59 Å². The Bertz CT molecular complexity index is 768. The largest absolute Gasteiger partial charge is 0.493 e. The zero-order valence-corrected chi connectivity index (χ0v) is 16.7. The van der Waals surface area contributed by atoms with Crippen molar-refractivity contribution in [2.24, 2.45) is 5.92 Å². The molecule has 7 heteroatoms. The van der Waals surface area contributed by atoms with Crippen LogP contribution in [0.5, 0.6) is 11.5 Å². The number of amides is 2. The number of esters is 1. The molecule has 0 spiro atoms. The van der Waals surface area contributed by atoms with Gasteiger partial charge < -0.3 is 24.8 Å². The summed E-state index contributed by atoms with van der Waals surface area (Å²) in [5.74, 6) is 1.12. The highest BCUT2D eigenvalue weighted by Crippen LogP contribution is 2.34. The molecular formula is C21H28N2O5. The van der Waals surface area contributed by atoms with Gasteiger partial charge in [0.15, 0.2) is 11.5 Å². The van der Waals surface area contributed by atoms with E-state index in [1.165, 1.54) is 19.3 Å². The molecule has 3 rings (SSSR count). The molecule has 28 heavy (non-hydrogen) atoms. The fraction of sp³-hybridized carbons (Fsp3) is 0.524. The Morgan fingerprint density at radius 2 is 1.82 bits per heavy atom. The quantitative estimate of drug-likeness (QED) is 0.729. The molecule has 1 atom stereocenters. The van der Waals surface area contributed by atoms with Crippen LogP contribution >= 0.6 is 0 Å². The number of carbonyl (C=O) groups is 2. The number of rotatable bonds is 6. The van der Waals surface area contributed by atoms with Gasteiger partial charge in [-0.15, -0.1) is 0 Å². The lowest BCUT2D eigenvalue weighted by Crippen LogP contribution is -2.45. The van der Waals surface area contributed by atoms with Crippen LogP contribution in [0.1, 0.15) is 50.6 Å². The Balaban J connectivity index is 1.83. The van der Waals surface area contributed by atoms with E-state index in [0.29, 0.717) is 35.3 Å². The summed E-state index contributed by atoms with van der Waals surface area (Å²) in [7, 11) is 3.10. The maximum Gasteiger partial charge on any atom is 0.338 e. The number of ether oxygens (including phenoxy) is 3. The summed E-state index contributed by atoms with van der Waals surface area (Å²) in [5, 5.41) is 5.49. The molecule has 0 unspecified atom stereocenters. The zero-order chi connectivity index (χ0) is 20.1. The molecular weight excluding hydrogens is 360 g/mol. The first-order chi connectivity index (χ1) is 13.5. The van der Waals surface area contributed by atoms with Gasteiger partial charge in [0, 0.05) is 5.70 Å². The van der Waals surface area contributed by atoms with E-state index in [1.807, 2.05) is 0 Å². The average Bonchev–Trinajstić information content (AvgIpc) is 2.71. The normalized spacial score (nSPS) is 20.2. The maximum absolute atomic E-state index is 12.9. The standard InChI is InChI=1S/C21H28N2O5/c1-13-18(20(24)28-12-14-7-5-4-6-8-14)19(23-21(25)22-13)15-9-10-16(26-2)17(11-15)27-3/h9-11,14,19H,4-8,12H2,1-3H3,(H2,22,23,25)/t19-/m0/s1. The predicted molar refractivity (Wildman–Crippen MR) is 104 cm³/mol. The van der Waals surface area contributed by atoms with Crippen molar-refractivity contribution in [3.05, 3.63) is 35.0 Å². The summed E-state index contributed by atoms with van der Waals surface area (Å²) in [6.45, 7) is 2.13. The molecule has 1 heterocycles. The second-order valence-electron chi connectivity index (χ2n) is 7.29. The number of allylic oxidation sites excluding steroid dienone is 1. The van der Waals surface area contributed by atoms with E-state index < -0.39 is 12.0 Å². The third-order valence-electron chi connectivity index (χ3n) is 5.40. The lowest BCUT2D eigenvalue weighted by atomic mass is 9.90. The first-order valence-electron chi connectivity index (χ1n) is 9.70. The molecule has 2 amide bonds. The second kappa shape index (κ2) is 8.99. The van der Waals surface area contributed by atoms with Gasteiger partial charge in [-0.2, -0.15) is 0 Å². The highest BCUT2D eigenvalue weighted by Gasteiger charge is 2.33. The third-order valence-corrected chi connectivity index (χ3v) is 5.40. The van der Waals surface area contributed by atoms with Crippen molar-refractivity contribution >= 4 is 12.0 Å². The van der Waals surface area contributed by atoms with E-state index in [-0.39, 0.29) is 6.03 Å².